The summed E-state index contributed by atoms with van der Waals surface area (Å²) in [7, 11) is 0. The second kappa shape index (κ2) is 6.87. The highest BCUT2D eigenvalue weighted by Gasteiger charge is 2.26. The van der Waals surface area contributed by atoms with Gasteiger partial charge in [-0.25, -0.2) is 0 Å². The van der Waals surface area contributed by atoms with E-state index in [1.807, 2.05) is 24.3 Å². The van der Waals surface area contributed by atoms with Crippen LogP contribution in [0.2, 0.25) is 0 Å². The molecule has 1 aromatic rings. The molecule has 17 heavy (non-hydrogen) atoms. The maximum Gasteiger partial charge on any atom is 0.133 e. The minimum absolute atomic E-state index is 0.875. The normalized spacial score (nSPS) is 10.8. The Labute approximate surface area is 105 Å². The van der Waals surface area contributed by atoms with Gasteiger partial charge >= 0.3 is 0 Å². The van der Waals surface area contributed by atoms with Gasteiger partial charge in [0.25, 0.3) is 0 Å². The summed E-state index contributed by atoms with van der Waals surface area (Å²) in [6, 6.07) is 10.6. The molecule has 0 unspecified atom stereocenters. The summed E-state index contributed by atoms with van der Waals surface area (Å²) in [4.78, 5) is 0. The molecule has 0 saturated carbocycles. The van der Waals surface area contributed by atoms with Crippen molar-refractivity contribution in [3.63, 3.8) is 0 Å². The highest BCUT2D eigenvalue weighted by atomic mass is 15.3. The molecule has 1 heteroatoms. The Morgan fingerprint density at radius 3 is 1.94 bits per heavy atom. The van der Waals surface area contributed by atoms with Crippen molar-refractivity contribution in [1.29, 1.82) is 0 Å². The number of hydrogen-bond donors (Lipinski definition) is 0. The van der Waals surface area contributed by atoms with Crippen LogP contribution in [0.1, 0.15) is 6.42 Å². The van der Waals surface area contributed by atoms with E-state index in [9.17, 15) is 0 Å². The van der Waals surface area contributed by atoms with Crippen LogP contribution in [0.4, 0.5) is 5.69 Å². The molecule has 1 nitrogen and oxygen atoms in total. The van der Waals surface area contributed by atoms with Crippen LogP contribution in [0.25, 0.3) is 0 Å². The van der Waals surface area contributed by atoms with Gasteiger partial charge in [0.2, 0.25) is 0 Å². The zero-order chi connectivity index (χ0) is 12.6. The predicted molar refractivity (Wildman–Crippen MR) is 78.0 cm³/mol. The van der Waals surface area contributed by atoms with Gasteiger partial charge in [0.05, 0.1) is 6.54 Å². The van der Waals surface area contributed by atoms with Gasteiger partial charge in [0.15, 0.2) is 0 Å². The Kier molecular flexibility index (Phi) is 5.44. The fourth-order valence-corrected chi connectivity index (χ4v) is 2.17. The van der Waals surface area contributed by atoms with E-state index in [1.165, 1.54) is 5.69 Å². The maximum atomic E-state index is 3.89. The third-order valence-electron chi connectivity index (χ3n) is 3.02. The summed E-state index contributed by atoms with van der Waals surface area (Å²) in [5.74, 6) is 0. The summed E-state index contributed by atoms with van der Waals surface area (Å²) < 4.78 is 0.875. The first-order valence-electron chi connectivity index (χ1n) is 6.03. The number of rotatable bonds is 8. The molecule has 0 bridgehead atoms. The van der Waals surface area contributed by atoms with Crippen LogP contribution in [-0.2, 0) is 0 Å². The Bertz CT molecular complexity index is 354. The van der Waals surface area contributed by atoms with Crippen LogP contribution in [0.15, 0.2) is 68.3 Å². The van der Waals surface area contributed by atoms with E-state index in [-0.39, 0.29) is 0 Å². The molecule has 0 aliphatic rings. The molecule has 1 rings (SSSR count). The van der Waals surface area contributed by atoms with Crippen LogP contribution < -0.4 is 4.48 Å². The van der Waals surface area contributed by atoms with Crippen LogP contribution in [0.3, 0.4) is 0 Å². The maximum absolute atomic E-state index is 3.89. The summed E-state index contributed by atoms with van der Waals surface area (Å²) in [5, 5.41) is 0. The average molecular weight is 228 g/mol. The van der Waals surface area contributed by atoms with E-state index in [4.69, 9.17) is 0 Å². The van der Waals surface area contributed by atoms with Crippen molar-refractivity contribution >= 4 is 5.69 Å². The highest BCUT2D eigenvalue weighted by molar-refractivity contribution is 5.43. The molecule has 0 heterocycles. The zero-order valence-electron chi connectivity index (χ0n) is 10.5. The SMILES string of the molecule is C=CCC[N+](CC=C)(CC=C)c1ccccc1. The van der Waals surface area contributed by atoms with Crippen molar-refractivity contribution in [1.82, 2.24) is 4.48 Å². The molecule has 1 aromatic carbocycles. The molecule has 0 amide bonds. The first-order chi connectivity index (χ1) is 8.29. The van der Waals surface area contributed by atoms with Gasteiger partial charge in [0, 0.05) is 6.42 Å². The van der Waals surface area contributed by atoms with E-state index in [0.717, 1.165) is 30.5 Å². The van der Waals surface area contributed by atoms with Gasteiger partial charge in [0.1, 0.15) is 18.8 Å². The molecule has 0 fully saturated rings. The van der Waals surface area contributed by atoms with Gasteiger partial charge in [-0.15, -0.1) is 6.58 Å². The van der Waals surface area contributed by atoms with Gasteiger partial charge in [-0.1, -0.05) is 37.4 Å². The third kappa shape index (κ3) is 3.43. The summed E-state index contributed by atoms with van der Waals surface area (Å²) in [5.41, 5.74) is 1.31. The van der Waals surface area contributed by atoms with Crippen LogP contribution in [-0.4, -0.2) is 19.6 Å². The Morgan fingerprint density at radius 2 is 1.47 bits per heavy atom. The fraction of sp³-hybridized carbons (Fsp3) is 0.250. The second-order valence-electron chi connectivity index (χ2n) is 4.22. The summed E-state index contributed by atoms with van der Waals surface area (Å²) >= 11 is 0. The Hall–Kier alpha value is -1.60. The van der Waals surface area contributed by atoms with Crippen LogP contribution >= 0.6 is 0 Å². The molecular weight excluding hydrogens is 206 g/mol. The average Bonchev–Trinajstić information content (AvgIpc) is 2.37. The van der Waals surface area contributed by atoms with Gasteiger partial charge in [-0.3, -0.25) is 4.48 Å². The first kappa shape index (κ1) is 13.5. The number of benzene rings is 1. The summed E-state index contributed by atoms with van der Waals surface area (Å²) in [6.07, 6.45) is 6.94. The van der Waals surface area contributed by atoms with Crippen molar-refractivity contribution in [2.45, 2.75) is 6.42 Å². The monoisotopic (exact) mass is 228 g/mol. The van der Waals surface area contributed by atoms with Gasteiger partial charge in [-0.2, -0.15) is 0 Å². The molecule has 90 valence electrons. The molecule has 0 aliphatic carbocycles. The summed E-state index contributed by atoms with van der Waals surface area (Å²) in [6.45, 7) is 14.5. The number of nitrogens with zero attached hydrogens (tertiary/aromatic N) is 1. The smallest absolute Gasteiger partial charge is 0.133 e. The molecule has 0 aromatic heterocycles. The lowest BCUT2D eigenvalue weighted by Gasteiger charge is -2.36. The Balaban J connectivity index is 3.07. The van der Waals surface area contributed by atoms with Crippen LogP contribution in [0, 0.1) is 0 Å². The number of quaternary nitrogens is 1. The van der Waals surface area contributed by atoms with Gasteiger partial charge < -0.3 is 0 Å². The highest BCUT2D eigenvalue weighted by Crippen LogP contribution is 2.23. The number of para-hydroxylation sites is 1. The van der Waals surface area contributed by atoms with Crippen molar-refractivity contribution in [2.24, 2.45) is 0 Å². The minimum atomic E-state index is 0.875. The van der Waals surface area contributed by atoms with E-state index in [2.05, 4.69) is 44.0 Å². The lowest BCUT2D eigenvalue weighted by Crippen LogP contribution is -2.50. The first-order valence-corrected chi connectivity index (χ1v) is 6.03. The molecule has 0 radical (unpaired) electrons. The number of hydrogen-bond acceptors (Lipinski definition) is 0. The van der Waals surface area contributed by atoms with Crippen molar-refractivity contribution in [3.05, 3.63) is 68.3 Å². The third-order valence-corrected chi connectivity index (χ3v) is 3.02. The lowest BCUT2D eigenvalue weighted by atomic mass is 10.2. The largest absolute Gasteiger partial charge is 0.284 e. The second-order valence-corrected chi connectivity index (χ2v) is 4.22. The molecule has 0 aliphatic heterocycles. The Morgan fingerprint density at radius 1 is 0.882 bits per heavy atom. The quantitative estimate of drug-likeness (QED) is 0.467. The standard InChI is InChI=1S/C16H22N/c1-4-7-15-17(13-5-2,14-6-3)16-11-9-8-10-12-16/h4-6,8-12H,1-3,7,13-15H2/q+1. The molecular formula is C16H22N+. The van der Waals surface area contributed by atoms with Crippen molar-refractivity contribution < 1.29 is 0 Å². The van der Waals surface area contributed by atoms with Crippen molar-refractivity contribution in [3.8, 4) is 0 Å². The van der Waals surface area contributed by atoms with E-state index in [1.54, 1.807) is 0 Å². The fourth-order valence-electron chi connectivity index (χ4n) is 2.17. The zero-order valence-corrected chi connectivity index (χ0v) is 10.5. The van der Waals surface area contributed by atoms with E-state index in [0.29, 0.717) is 0 Å². The van der Waals surface area contributed by atoms with E-state index >= 15 is 0 Å². The van der Waals surface area contributed by atoms with Gasteiger partial charge in [-0.05, 0) is 24.3 Å². The predicted octanol–water partition coefficient (Wildman–Crippen LogP) is 3.94. The molecule has 0 N–H and O–H groups in total. The van der Waals surface area contributed by atoms with Crippen LogP contribution in [0.5, 0.6) is 0 Å². The molecule has 0 atom stereocenters. The lowest BCUT2D eigenvalue weighted by molar-refractivity contribution is 0.336. The molecule has 0 spiro atoms. The minimum Gasteiger partial charge on any atom is -0.284 e. The van der Waals surface area contributed by atoms with E-state index < -0.39 is 0 Å². The topological polar surface area (TPSA) is 0 Å². The molecule has 0 saturated heterocycles. The van der Waals surface area contributed by atoms with Crippen molar-refractivity contribution in [2.75, 3.05) is 19.6 Å².